The molecule has 0 unspecified atom stereocenters. The Labute approximate surface area is 237 Å². The van der Waals surface area contributed by atoms with E-state index in [2.05, 4.69) is 70.8 Å². The van der Waals surface area contributed by atoms with Crippen LogP contribution < -0.4 is 10.5 Å². The number of nitrogens with one attached hydrogen (secondary N) is 1. The van der Waals surface area contributed by atoms with Gasteiger partial charge in [0.15, 0.2) is 0 Å². The number of hydrogen-bond donors (Lipinski definition) is 1. The lowest BCUT2D eigenvalue weighted by molar-refractivity contribution is 0.0746. The predicted molar refractivity (Wildman–Crippen MR) is 160 cm³/mol. The normalized spacial score (nSPS) is 17.3. The van der Waals surface area contributed by atoms with Gasteiger partial charge in [-0.2, -0.15) is 0 Å². The number of amides is 1. The number of piperazine rings is 2. The van der Waals surface area contributed by atoms with Crippen LogP contribution in [0.1, 0.15) is 48.0 Å². The van der Waals surface area contributed by atoms with E-state index in [0.29, 0.717) is 38.7 Å². The van der Waals surface area contributed by atoms with E-state index in [1.54, 1.807) is 6.07 Å². The van der Waals surface area contributed by atoms with Gasteiger partial charge in [0.2, 0.25) is 5.95 Å². The molecule has 1 amide bonds. The SMILES string of the molecule is CC(C)(C)c1ccc(C(=O)N2CCN(c3nc(CN4CCN(CCc5ccccc5)CC4)cc(=O)[nH]3)CC2)cc1. The molecule has 0 atom stereocenters. The van der Waals surface area contributed by atoms with Crippen LogP contribution in [0.5, 0.6) is 0 Å². The summed E-state index contributed by atoms with van der Waals surface area (Å²) in [7, 11) is 0. The zero-order valence-electron chi connectivity index (χ0n) is 24.1. The number of hydrogen-bond acceptors (Lipinski definition) is 6. The van der Waals surface area contributed by atoms with E-state index in [-0.39, 0.29) is 16.9 Å². The topological polar surface area (TPSA) is 75.8 Å². The van der Waals surface area contributed by atoms with Gasteiger partial charge in [0.25, 0.3) is 11.5 Å². The van der Waals surface area contributed by atoms with Crippen LogP contribution in [0.2, 0.25) is 0 Å². The summed E-state index contributed by atoms with van der Waals surface area (Å²) in [4.78, 5) is 42.2. The van der Waals surface area contributed by atoms with E-state index < -0.39 is 0 Å². The van der Waals surface area contributed by atoms with Gasteiger partial charge in [0.1, 0.15) is 0 Å². The van der Waals surface area contributed by atoms with Crippen LogP contribution >= 0.6 is 0 Å². The number of rotatable bonds is 7. The lowest BCUT2D eigenvalue weighted by Gasteiger charge is -2.36. The van der Waals surface area contributed by atoms with Crippen molar-refractivity contribution in [3.05, 3.63) is 93.4 Å². The molecule has 0 bridgehead atoms. The fourth-order valence-corrected chi connectivity index (χ4v) is 5.47. The van der Waals surface area contributed by atoms with Crippen LogP contribution in [0, 0.1) is 0 Å². The smallest absolute Gasteiger partial charge is 0.253 e. The molecule has 2 aliphatic rings. The summed E-state index contributed by atoms with van der Waals surface area (Å²) in [5, 5.41) is 0. The molecule has 2 fully saturated rings. The van der Waals surface area contributed by atoms with Gasteiger partial charge in [-0.15, -0.1) is 0 Å². The molecule has 40 heavy (non-hydrogen) atoms. The van der Waals surface area contributed by atoms with Crippen LogP contribution in [0.3, 0.4) is 0 Å². The zero-order chi connectivity index (χ0) is 28.1. The summed E-state index contributed by atoms with van der Waals surface area (Å²) < 4.78 is 0. The Bertz CT molecular complexity index is 1320. The zero-order valence-corrected chi connectivity index (χ0v) is 24.1. The second kappa shape index (κ2) is 12.4. The Morgan fingerprint density at radius 2 is 1.50 bits per heavy atom. The monoisotopic (exact) mass is 542 g/mol. The lowest BCUT2D eigenvalue weighted by Crippen LogP contribution is -2.49. The maximum absolute atomic E-state index is 13.1. The standard InChI is InChI=1S/C32H42N6O2/c1-32(2,3)27-11-9-26(10-12-27)30(40)37-19-21-38(22-20-37)31-33-28(23-29(39)34-31)24-36-17-15-35(16-18-36)14-13-25-7-5-4-6-8-25/h4-12,23H,13-22,24H2,1-3H3,(H,33,34,39). The average molecular weight is 543 g/mol. The van der Waals surface area contributed by atoms with Gasteiger partial charge in [-0.05, 0) is 35.1 Å². The fourth-order valence-electron chi connectivity index (χ4n) is 5.47. The van der Waals surface area contributed by atoms with E-state index in [0.717, 1.165) is 50.4 Å². The Morgan fingerprint density at radius 3 is 2.15 bits per heavy atom. The molecule has 5 rings (SSSR count). The molecule has 3 heterocycles. The molecule has 2 aromatic carbocycles. The number of H-pyrrole nitrogens is 1. The number of nitrogens with zero attached hydrogens (tertiary/aromatic N) is 5. The van der Waals surface area contributed by atoms with E-state index in [4.69, 9.17) is 4.98 Å². The Morgan fingerprint density at radius 1 is 0.850 bits per heavy atom. The van der Waals surface area contributed by atoms with Crippen LogP contribution in [0.4, 0.5) is 5.95 Å². The summed E-state index contributed by atoms with van der Waals surface area (Å²) in [6.45, 7) is 14.7. The summed E-state index contributed by atoms with van der Waals surface area (Å²) in [6.07, 6.45) is 1.07. The summed E-state index contributed by atoms with van der Waals surface area (Å²) >= 11 is 0. The Balaban J connectivity index is 1.12. The van der Waals surface area contributed by atoms with Gasteiger partial charge in [0.05, 0.1) is 5.69 Å². The third kappa shape index (κ3) is 7.17. The van der Waals surface area contributed by atoms with Crippen molar-refractivity contribution in [1.29, 1.82) is 0 Å². The highest BCUT2D eigenvalue weighted by molar-refractivity contribution is 5.94. The minimum Gasteiger partial charge on any atom is -0.339 e. The van der Waals surface area contributed by atoms with Crippen molar-refractivity contribution in [1.82, 2.24) is 24.7 Å². The first kappa shape index (κ1) is 28.1. The highest BCUT2D eigenvalue weighted by Crippen LogP contribution is 2.23. The van der Waals surface area contributed by atoms with E-state index >= 15 is 0 Å². The second-order valence-corrected chi connectivity index (χ2v) is 12.0. The number of anilines is 1. The molecule has 0 aliphatic carbocycles. The van der Waals surface area contributed by atoms with Gasteiger partial charge in [-0.25, -0.2) is 4.98 Å². The predicted octanol–water partition coefficient (Wildman–Crippen LogP) is 3.39. The highest BCUT2D eigenvalue weighted by Gasteiger charge is 2.25. The van der Waals surface area contributed by atoms with Gasteiger partial charge in [0, 0.05) is 77.1 Å². The van der Waals surface area contributed by atoms with Gasteiger partial charge in [-0.3, -0.25) is 19.5 Å². The number of benzene rings is 2. The molecule has 212 valence electrons. The second-order valence-electron chi connectivity index (χ2n) is 12.0. The number of carbonyl (C=O) groups excluding carboxylic acids is 1. The van der Waals surface area contributed by atoms with Gasteiger partial charge >= 0.3 is 0 Å². The first-order valence-electron chi connectivity index (χ1n) is 14.5. The molecule has 2 aliphatic heterocycles. The van der Waals surface area contributed by atoms with E-state index in [1.807, 2.05) is 29.2 Å². The summed E-state index contributed by atoms with van der Waals surface area (Å²) in [5.41, 5.74) is 4.05. The van der Waals surface area contributed by atoms with Crippen LogP contribution in [-0.4, -0.2) is 89.5 Å². The van der Waals surface area contributed by atoms with Crippen molar-refractivity contribution in [2.45, 2.75) is 39.2 Å². The fraction of sp³-hybridized carbons (Fsp3) is 0.469. The molecule has 0 spiro atoms. The van der Waals surface area contributed by atoms with Crippen LogP contribution in [0.15, 0.2) is 65.5 Å². The molecular formula is C32H42N6O2. The maximum Gasteiger partial charge on any atom is 0.253 e. The molecule has 3 aromatic rings. The largest absolute Gasteiger partial charge is 0.339 e. The van der Waals surface area contributed by atoms with Crippen LogP contribution in [0.25, 0.3) is 0 Å². The van der Waals surface area contributed by atoms with Crippen molar-refractivity contribution in [2.75, 3.05) is 63.8 Å². The summed E-state index contributed by atoms with van der Waals surface area (Å²) in [6, 6.07) is 20.2. The van der Waals surface area contributed by atoms with Crippen molar-refractivity contribution in [3.8, 4) is 0 Å². The van der Waals surface area contributed by atoms with Crippen molar-refractivity contribution in [2.24, 2.45) is 0 Å². The molecule has 0 saturated carbocycles. The molecule has 8 nitrogen and oxygen atoms in total. The molecular weight excluding hydrogens is 500 g/mol. The van der Waals surface area contributed by atoms with Crippen LogP contribution in [-0.2, 0) is 18.4 Å². The third-order valence-electron chi connectivity index (χ3n) is 8.06. The molecule has 1 aromatic heterocycles. The first-order valence-corrected chi connectivity index (χ1v) is 14.5. The number of carbonyl (C=O) groups is 1. The van der Waals surface area contributed by atoms with E-state index in [9.17, 15) is 9.59 Å². The van der Waals surface area contributed by atoms with Gasteiger partial charge < -0.3 is 14.7 Å². The third-order valence-corrected chi connectivity index (χ3v) is 8.06. The minimum atomic E-state index is -0.126. The maximum atomic E-state index is 13.1. The van der Waals surface area contributed by atoms with Gasteiger partial charge in [-0.1, -0.05) is 63.2 Å². The van der Waals surface area contributed by atoms with Crippen molar-refractivity contribution < 1.29 is 4.79 Å². The first-order chi connectivity index (χ1) is 19.2. The average Bonchev–Trinajstić information content (AvgIpc) is 2.96. The summed E-state index contributed by atoms with van der Waals surface area (Å²) in [5.74, 6) is 0.656. The molecule has 8 heteroatoms. The molecule has 0 radical (unpaired) electrons. The number of aromatic amines is 1. The number of aromatic nitrogens is 2. The molecule has 1 N–H and O–H groups in total. The van der Waals surface area contributed by atoms with Crippen molar-refractivity contribution >= 4 is 11.9 Å². The lowest BCUT2D eigenvalue weighted by atomic mass is 9.86. The van der Waals surface area contributed by atoms with Crippen molar-refractivity contribution in [3.63, 3.8) is 0 Å². The Kier molecular flexibility index (Phi) is 8.66. The quantitative estimate of drug-likeness (QED) is 0.493. The highest BCUT2D eigenvalue weighted by atomic mass is 16.2. The molecule has 2 saturated heterocycles. The minimum absolute atomic E-state index is 0.0539. The van der Waals surface area contributed by atoms with E-state index in [1.165, 1.54) is 11.1 Å². The Hall–Kier alpha value is -3.49.